The number of fused-ring (bicyclic) bond motifs is 1. The molecule has 3 aromatic rings. The van der Waals surface area contributed by atoms with Crippen molar-refractivity contribution in [2.45, 2.75) is 16.3 Å². The van der Waals surface area contributed by atoms with Crippen LogP contribution in [0, 0.1) is 11.6 Å². The van der Waals surface area contributed by atoms with Crippen molar-refractivity contribution < 1.29 is 8.78 Å². The van der Waals surface area contributed by atoms with Crippen LogP contribution in [0.3, 0.4) is 0 Å². The lowest BCUT2D eigenvalue weighted by Gasteiger charge is -2.30. The third-order valence-electron chi connectivity index (χ3n) is 5.29. The molecule has 27 heavy (non-hydrogen) atoms. The van der Waals surface area contributed by atoms with E-state index in [0.29, 0.717) is 0 Å². The van der Waals surface area contributed by atoms with Crippen molar-refractivity contribution in [1.82, 2.24) is 0 Å². The van der Waals surface area contributed by atoms with Crippen LogP contribution in [0.25, 0.3) is 0 Å². The maximum atomic E-state index is 13.7. The Bertz CT molecular complexity index is 904. The van der Waals surface area contributed by atoms with Gasteiger partial charge in [0.1, 0.15) is 17.4 Å². The van der Waals surface area contributed by atoms with Crippen molar-refractivity contribution >= 4 is 22.7 Å². The van der Waals surface area contributed by atoms with Crippen LogP contribution < -0.4 is 0 Å². The lowest BCUT2D eigenvalue weighted by molar-refractivity contribution is 0.625. The molecule has 0 aromatic heterocycles. The molecule has 0 radical (unpaired) electrons. The fraction of sp³-hybridized carbons (Fsp3) is 0.217. The number of benzene rings is 3. The zero-order chi connectivity index (χ0) is 19.0. The van der Waals surface area contributed by atoms with Gasteiger partial charge in [0, 0.05) is 38.9 Å². The molecule has 1 aliphatic heterocycles. The van der Waals surface area contributed by atoms with E-state index in [0.717, 1.165) is 22.6 Å². The Morgan fingerprint density at radius 1 is 0.889 bits per heavy atom. The molecule has 1 aliphatic rings. The molecular weight excluding hydrogens is 378 g/mol. The molecule has 0 bridgehead atoms. The van der Waals surface area contributed by atoms with Crippen LogP contribution in [0.4, 0.5) is 8.78 Å². The molecule has 0 spiro atoms. The molecule has 4 heteroatoms. The minimum absolute atomic E-state index is 0.0489. The predicted molar refractivity (Wildman–Crippen MR) is 113 cm³/mol. The molecule has 0 nitrogen and oxygen atoms in total. The van der Waals surface area contributed by atoms with Gasteiger partial charge in [0.05, 0.1) is 6.26 Å². The minimum Gasteiger partial charge on any atom is -0.207 e. The van der Waals surface area contributed by atoms with Crippen LogP contribution >= 0.6 is 11.8 Å². The monoisotopic (exact) mass is 399 g/mol. The Morgan fingerprint density at radius 3 is 1.96 bits per heavy atom. The van der Waals surface area contributed by atoms with Gasteiger partial charge in [0.2, 0.25) is 4.75 Å². The molecule has 1 unspecified atom stereocenters. The van der Waals surface area contributed by atoms with Gasteiger partial charge in [-0.25, -0.2) is 8.78 Å². The lowest BCUT2D eigenvalue weighted by atomic mass is 9.80. The van der Waals surface area contributed by atoms with E-state index in [1.165, 1.54) is 41.0 Å². The third kappa shape index (κ3) is 2.99. The van der Waals surface area contributed by atoms with Crippen LogP contribution in [0.15, 0.2) is 66.7 Å². The van der Waals surface area contributed by atoms with Crippen molar-refractivity contribution in [3.63, 3.8) is 0 Å². The number of thioether (sulfide) groups is 1. The van der Waals surface area contributed by atoms with Crippen LogP contribution in [0.1, 0.15) is 27.8 Å². The van der Waals surface area contributed by atoms with Crippen molar-refractivity contribution in [2.24, 2.45) is 0 Å². The first-order valence-corrected chi connectivity index (χ1v) is 12.0. The maximum absolute atomic E-state index is 13.7. The second-order valence-corrected chi connectivity index (χ2v) is 9.90. The van der Waals surface area contributed by atoms with Crippen LogP contribution in [-0.4, -0.2) is 12.5 Å². The summed E-state index contributed by atoms with van der Waals surface area (Å²) >= 11 is 1.80. The van der Waals surface area contributed by atoms with E-state index in [9.17, 15) is 8.78 Å². The maximum Gasteiger partial charge on any atom is 0.204 e. The zero-order valence-corrected chi connectivity index (χ0v) is 17.0. The number of halogens is 2. The van der Waals surface area contributed by atoms with Crippen molar-refractivity contribution in [1.29, 1.82) is 0 Å². The fourth-order valence-electron chi connectivity index (χ4n) is 4.24. The number of rotatable bonds is 4. The molecule has 0 N–H and O–H groups in total. The average Bonchev–Trinajstić information content (AvgIpc) is 2.97. The van der Waals surface area contributed by atoms with Gasteiger partial charge in [0.25, 0.3) is 0 Å². The molecule has 1 atom stereocenters. The average molecular weight is 400 g/mol. The van der Waals surface area contributed by atoms with E-state index in [1.807, 2.05) is 24.3 Å². The second-order valence-electron chi connectivity index (χ2n) is 6.86. The van der Waals surface area contributed by atoms with Crippen molar-refractivity contribution in [2.75, 3.05) is 12.5 Å². The number of hydrogen-bond donors (Lipinski definition) is 0. The number of hydrogen-bond acceptors (Lipinski definition) is 1. The molecule has 0 aliphatic carbocycles. The Labute approximate surface area is 166 Å². The Balaban J connectivity index is 2.06. The Morgan fingerprint density at radius 2 is 1.44 bits per heavy atom. The molecular formula is C23H21F2S2+. The standard InChI is InChI=1S/C23H21F2S2/c1-26-14-16-4-3-5-17-15-27(2)23(22(16)17,18-6-10-20(24)11-7-18)19-8-12-21(25)13-9-19/h3-13H,14-15H2,1-2H3/q+1. The molecule has 3 aromatic carbocycles. The van der Waals surface area contributed by atoms with E-state index in [2.05, 4.69) is 30.7 Å². The summed E-state index contributed by atoms with van der Waals surface area (Å²) < 4.78 is 27.0. The summed E-state index contributed by atoms with van der Waals surface area (Å²) in [7, 11) is -0.0489. The van der Waals surface area contributed by atoms with Gasteiger partial charge >= 0.3 is 0 Å². The fourth-order valence-corrected chi connectivity index (χ4v) is 7.41. The molecule has 1 heterocycles. The summed E-state index contributed by atoms with van der Waals surface area (Å²) in [6, 6.07) is 20.3. The molecule has 138 valence electrons. The van der Waals surface area contributed by atoms with Crippen LogP contribution in [0.2, 0.25) is 0 Å². The normalized spacial score (nSPS) is 17.7. The Hall–Kier alpha value is -1.78. The summed E-state index contributed by atoms with van der Waals surface area (Å²) in [6.45, 7) is 0. The van der Waals surface area contributed by atoms with E-state index in [4.69, 9.17) is 0 Å². The third-order valence-corrected chi connectivity index (χ3v) is 8.35. The summed E-state index contributed by atoms with van der Waals surface area (Å²) in [5, 5.41) is 0. The Kier molecular flexibility index (Phi) is 5.04. The first kappa shape index (κ1) is 18.6. The van der Waals surface area contributed by atoms with Gasteiger partial charge in [-0.3, -0.25) is 0 Å². The highest BCUT2D eigenvalue weighted by atomic mass is 32.2. The summed E-state index contributed by atoms with van der Waals surface area (Å²) in [5.74, 6) is 1.43. The zero-order valence-electron chi connectivity index (χ0n) is 15.3. The predicted octanol–water partition coefficient (Wildman–Crippen LogP) is 5.88. The van der Waals surface area contributed by atoms with Gasteiger partial charge in [-0.1, -0.05) is 42.5 Å². The van der Waals surface area contributed by atoms with Crippen LogP contribution in [0.5, 0.6) is 0 Å². The largest absolute Gasteiger partial charge is 0.207 e. The smallest absolute Gasteiger partial charge is 0.204 e. The van der Waals surface area contributed by atoms with E-state index in [1.54, 1.807) is 11.8 Å². The van der Waals surface area contributed by atoms with Gasteiger partial charge < -0.3 is 0 Å². The summed E-state index contributed by atoms with van der Waals surface area (Å²) in [6.07, 6.45) is 4.38. The highest BCUT2D eigenvalue weighted by Gasteiger charge is 2.56. The van der Waals surface area contributed by atoms with E-state index >= 15 is 0 Å². The van der Waals surface area contributed by atoms with E-state index < -0.39 is 0 Å². The van der Waals surface area contributed by atoms with Crippen molar-refractivity contribution in [3.05, 3.63) is 106 Å². The molecule has 0 amide bonds. The lowest BCUT2D eigenvalue weighted by Crippen LogP contribution is -2.35. The molecule has 0 fully saturated rings. The van der Waals surface area contributed by atoms with Gasteiger partial charge in [-0.2, -0.15) is 11.8 Å². The summed E-state index contributed by atoms with van der Waals surface area (Å²) in [5.41, 5.74) is 6.14. The van der Waals surface area contributed by atoms with Gasteiger partial charge in [0.15, 0.2) is 0 Å². The second kappa shape index (κ2) is 7.33. The quantitative estimate of drug-likeness (QED) is 0.494. The first-order valence-electron chi connectivity index (χ1n) is 8.82. The highest BCUT2D eigenvalue weighted by Crippen LogP contribution is 2.53. The topological polar surface area (TPSA) is 0 Å². The minimum atomic E-state index is -0.372. The first-order chi connectivity index (χ1) is 13.1. The SMILES string of the molecule is CSCc1cccc2c1C(c1ccc(F)cc1)(c1ccc(F)cc1)[S+](C)C2. The van der Waals surface area contributed by atoms with Crippen molar-refractivity contribution in [3.8, 4) is 0 Å². The summed E-state index contributed by atoms with van der Waals surface area (Å²) in [4.78, 5) is 0. The van der Waals surface area contributed by atoms with Crippen LogP contribution in [-0.2, 0) is 27.1 Å². The molecule has 4 rings (SSSR count). The molecule has 0 saturated carbocycles. The van der Waals surface area contributed by atoms with Gasteiger partial charge in [-0.15, -0.1) is 0 Å². The highest BCUT2D eigenvalue weighted by molar-refractivity contribution is 7.98. The van der Waals surface area contributed by atoms with E-state index in [-0.39, 0.29) is 27.3 Å². The molecule has 0 saturated heterocycles. The van der Waals surface area contributed by atoms with Gasteiger partial charge in [-0.05, 0) is 36.1 Å².